The van der Waals surface area contributed by atoms with Gasteiger partial charge in [0.25, 0.3) is 0 Å². The van der Waals surface area contributed by atoms with Crippen LogP contribution in [0.2, 0.25) is 5.02 Å². The Hall–Kier alpha value is -2.26. The molecule has 0 radical (unpaired) electrons. The molecule has 0 bridgehead atoms. The second-order valence-corrected chi connectivity index (χ2v) is 10.3. The van der Waals surface area contributed by atoms with Gasteiger partial charge in [0.1, 0.15) is 11.5 Å². The van der Waals surface area contributed by atoms with Gasteiger partial charge in [-0.15, -0.1) is 0 Å². The van der Waals surface area contributed by atoms with Crippen LogP contribution in [-0.2, 0) is 9.73 Å². The number of aryl methyl sites for hydroxylation is 1. The van der Waals surface area contributed by atoms with Crippen molar-refractivity contribution >= 4 is 33.4 Å². The Balaban J connectivity index is 1.99. The van der Waals surface area contributed by atoms with Crippen molar-refractivity contribution in [3.05, 3.63) is 47.0 Å². The Kier molecular flexibility index (Phi) is 7.39. The van der Waals surface area contributed by atoms with Gasteiger partial charge in [0.2, 0.25) is 0 Å². The van der Waals surface area contributed by atoms with Gasteiger partial charge >= 0.3 is 5.51 Å². The number of ether oxygens (including phenoxy) is 1. The van der Waals surface area contributed by atoms with E-state index in [0.29, 0.717) is 11.3 Å². The van der Waals surface area contributed by atoms with E-state index in [-0.39, 0.29) is 29.0 Å². The normalized spacial score (nSPS) is 16.1. The summed E-state index contributed by atoms with van der Waals surface area (Å²) in [6.45, 7) is 4.39. The first-order valence-electron chi connectivity index (χ1n) is 10.2. The molecule has 1 atom stereocenters. The number of benzene rings is 2. The molecule has 0 aromatic heterocycles. The first-order chi connectivity index (χ1) is 15.0. The topological polar surface area (TPSA) is 54.3 Å². The minimum atomic E-state index is -5.03. The van der Waals surface area contributed by atoms with Gasteiger partial charge in [0.05, 0.1) is 28.5 Å². The van der Waals surface area contributed by atoms with Crippen molar-refractivity contribution in [3.63, 3.8) is 0 Å². The lowest BCUT2D eigenvalue weighted by Crippen LogP contribution is -2.24. The molecule has 1 saturated carbocycles. The van der Waals surface area contributed by atoms with Crippen LogP contribution in [0.1, 0.15) is 25.3 Å². The van der Waals surface area contributed by atoms with Crippen LogP contribution >= 0.6 is 11.6 Å². The third-order valence-electron chi connectivity index (χ3n) is 5.03. The fourth-order valence-electron chi connectivity index (χ4n) is 2.76. The largest absolute Gasteiger partial charge is 0.483 e. The van der Waals surface area contributed by atoms with E-state index in [0.717, 1.165) is 25.5 Å². The molecule has 10 heteroatoms. The second-order valence-electron chi connectivity index (χ2n) is 7.66. The van der Waals surface area contributed by atoms with Gasteiger partial charge in [-0.05, 0) is 56.4 Å². The molecule has 3 rings (SSSR count). The van der Waals surface area contributed by atoms with Crippen LogP contribution in [-0.4, -0.2) is 41.1 Å². The second kappa shape index (κ2) is 9.70. The Morgan fingerprint density at radius 3 is 2.56 bits per heavy atom. The number of hydrogen-bond donors (Lipinski definition) is 0. The van der Waals surface area contributed by atoms with Crippen LogP contribution in [0, 0.1) is 12.8 Å². The van der Waals surface area contributed by atoms with Crippen LogP contribution in [0.5, 0.6) is 11.5 Å². The Labute approximate surface area is 191 Å². The molecular weight excluding hydrogens is 463 g/mol. The molecule has 1 fully saturated rings. The van der Waals surface area contributed by atoms with Crippen molar-refractivity contribution in [1.29, 1.82) is 0 Å². The summed E-state index contributed by atoms with van der Waals surface area (Å²) >= 11 is 6.32. The molecule has 2 aromatic rings. The van der Waals surface area contributed by atoms with Crippen molar-refractivity contribution < 1.29 is 22.1 Å². The number of alkyl halides is 3. The van der Waals surface area contributed by atoms with Gasteiger partial charge in [0.15, 0.2) is 9.73 Å². The molecule has 1 aliphatic carbocycles. The highest BCUT2D eigenvalue weighted by Crippen LogP contribution is 2.42. The predicted molar refractivity (Wildman–Crippen MR) is 122 cm³/mol. The lowest BCUT2D eigenvalue weighted by Gasteiger charge is -2.18. The van der Waals surface area contributed by atoms with Crippen LogP contribution in [0.15, 0.2) is 50.6 Å². The zero-order valence-electron chi connectivity index (χ0n) is 18.0. The molecular formula is C22H25ClF3N3O2S. The molecule has 0 spiro atoms. The summed E-state index contributed by atoms with van der Waals surface area (Å²) in [5.74, 6) is 0.138. The number of aliphatic imine (C=N–C) groups is 1. The van der Waals surface area contributed by atoms with Gasteiger partial charge in [0, 0.05) is 19.7 Å². The molecule has 0 saturated heterocycles. The number of rotatable bonds is 8. The summed E-state index contributed by atoms with van der Waals surface area (Å²) in [6, 6.07) is 8.58. The zero-order valence-corrected chi connectivity index (χ0v) is 19.6. The predicted octanol–water partition coefficient (Wildman–Crippen LogP) is 6.81. The van der Waals surface area contributed by atoms with E-state index >= 15 is 0 Å². The Bertz CT molecular complexity index is 1120. The number of para-hydroxylation sites is 1. The molecule has 32 heavy (non-hydrogen) atoms. The van der Waals surface area contributed by atoms with E-state index in [1.807, 2.05) is 18.9 Å². The summed E-state index contributed by atoms with van der Waals surface area (Å²) in [7, 11) is -2.84. The van der Waals surface area contributed by atoms with Gasteiger partial charge in [-0.25, -0.2) is 13.6 Å². The third-order valence-corrected chi connectivity index (χ3v) is 7.41. The average molecular weight is 488 g/mol. The fraction of sp³-hybridized carbons (Fsp3) is 0.409. The first kappa shape index (κ1) is 24.4. The molecule has 0 N–H and O–H groups in total. The maximum Gasteiger partial charge on any atom is 0.483 e. The number of nitrogens with zero attached hydrogens (tertiary/aromatic N) is 3. The standard InChI is InChI=1S/C22H25ClF3N3O2S/c1-4-29(3)14-27-18-11-15(2)20(12-17(18)23)31-19-7-5-6-8-21(19)32(30,22(24,25)26)28-13-16-9-10-16/h5-8,11-12,14,16H,4,9-10,13H2,1-3H3/b27-14-. The molecule has 0 heterocycles. The summed E-state index contributed by atoms with van der Waals surface area (Å²) in [5.41, 5.74) is -3.91. The summed E-state index contributed by atoms with van der Waals surface area (Å²) in [4.78, 5) is 5.70. The van der Waals surface area contributed by atoms with E-state index in [1.165, 1.54) is 24.3 Å². The molecule has 5 nitrogen and oxygen atoms in total. The fourth-order valence-corrected chi connectivity index (χ4v) is 4.56. The summed E-state index contributed by atoms with van der Waals surface area (Å²) < 4.78 is 64.2. The summed E-state index contributed by atoms with van der Waals surface area (Å²) in [6.07, 6.45) is 3.24. The Morgan fingerprint density at radius 1 is 1.25 bits per heavy atom. The average Bonchev–Trinajstić information content (AvgIpc) is 3.57. The number of hydrogen-bond acceptors (Lipinski definition) is 4. The number of halogens is 4. The van der Waals surface area contributed by atoms with Gasteiger partial charge < -0.3 is 9.64 Å². The highest BCUT2D eigenvalue weighted by molar-refractivity contribution is 7.94. The van der Waals surface area contributed by atoms with Gasteiger partial charge in [-0.1, -0.05) is 23.7 Å². The van der Waals surface area contributed by atoms with Crippen molar-refractivity contribution in [1.82, 2.24) is 4.90 Å². The molecule has 1 aliphatic rings. The van der Waals surface area contributed by atoms with Gasteiger partial charge in [-0.2, -0.15) is 13.2 Å². The van der Waals surface area contributed by atoms with E-state index in [4.69, 9.17) is 16.3 Å². The lowest BCUT2D eigenvalue weighted by molar-refractivity contribution is -0.0404. The highest BCUT2D eigenvalue weighted by atomic mass is 35.5. The van der Waals surface area contributed by atoms with Crippen molar-refractivity contribution in [2.24, 2.45) is 15.3 Å². The Morgan fingerprint density at radius 2 is 1.94 bits per heavy atom. The van der Waals surface area contributed by atoms with Gasteiger partial charge in [-0.3, -0.25) is 0 Å². The third kappa shape index (κ3) is 5.56. The SMILES string of the molecule is CCN(C)/C=N\c1cc(C)c(Oc2ccccc2S(=O)(=NCC2CC2)C(F)(F)F)cc1Cl. The van der Waals surface area contributed by atoms with E-state index in [9.17, 15) is 17.4 Å². The van der Waals surface area contributed by atoms with Crippen LogP contribution in [0.3, 0.4) is 0 Å². The highest BCUT2D eigenvalue weighted by Gasteiger charge is 2.46. The van der Waals surface area contributed by atoms with Crippen molar-refractivity contribution in [2.45, 2.75) is 37.1 Å². The smallest absolute Gasteiger partial charge is 0.456 e. The molecule has 0 amide bonds. The minimum Gasteiger partial charge on any atom is -0.456 e. The quantitative estimate of drug-likeness (QED) is 0.303. The van der Waals surface area contributed by atoms with Crippen LogP contribution < -0.4 is 4.74 Å². The molecule has 1 unspecified atom stereocenters. The maximum absolute atomic E-state index is 13.9. The molecule has 0 aliphatic heterocycles. The van der Waals surface area contributed by atoms with E-state index in [2.05, 4.69) is 9.36 Å². The minimum absolute atomic E-state index is 0.0622. The molecule has 2 aromatic carbocycles. The van der Waals surface area contributed by atoms with Crippen LogP contribution in [0.25, 0.3) is 0 Å². The maximum atomic E-state index is 13.9. The van der Waals surface area contributed by atoms with E-state index < -0.39 is 20.1 Å². The lowest BCUT2D eigenvalue weighted by atomic mass is 10.2. The first-order valence-corrected chi connectivity index (χ1v) is 12.0. The molecule has 174 valence electrons. The van der Waals surface area contributed by atoms with Crippen LogP contribution in [0.4, 0.5) is 18.9 Å². The van der Waals surface area contributed by atoms with E-state index in [1.54, 1.807) is 19.3 Å². The van der Waals surface area contributed by atoms with Crippen molar-refractivity contribution in [2.75, 3.05) is 20.1 Å². The zero-order chi connectivity index (χ0) is 23.5. The summed E-state index contributed by atoms with van der Waals surface area (Å²) in [5, 5.41) is 0.277. The van der Waals surface area contributed by atoms with Crippen molar-refractivity contribution in [3.8, 4) is 11.5 Å². The monoisotopic (exact) mass is 487 g/mol.